The van der Waals surface area contributed by atoms with E-state index < -0.39 is 0 Å². The molecule has 0 atom stereocenters. The van der Waals surface area contributed by atoms with Gasteiger partial charge >= 0.3 is 0 Å². The van der Waals surface area contributed by atoms with E-state index in [-0.39, 0.29) is 0 Å². The van der Waals surface area contributed by atoms with Crippen molar-refractivity contribution in [2.75, 3.05) is 5.32 Å². The van der Waals surface area contributed by atoms with Gasteiger partial charge in [0.1, 0.15) is 11.3 Å². The fourth-order valence-corrected chi connectivity index (χ4v) is 3.16. The Labute approximate surface area is 150 Å². The average molecular weight is 337 g/mol. The Hall–Kier alpha value is -3.66. The smallest absolute Gasteiger partial charge is 0.137 e. The van der Waals surface area contributed by atoms with Crippen molar-refractivity contribution < 1.29 is 4.42 Å². The van der Waals surface area contributed by atoms with Crippen LogP contribution in [0.15, 0.2) is 89.9 Å². The van der Waals surface area contributed by atoms with Crippen LogP contribution in [0, 0.1) is 0 Å². The zero-order valence-electron chi connectivity index (χ0n) is 13.9. The van der Waals surface area contributed by atoms with Gasteiger partial charge in [0.15, 0.2) is 0 Å². The highest BCUT2D eigenvalue weighted by atomic mass is 16.3. The molecule has 0 saturated heterocycles. The maximum absolute atomic E-state index is 6.05. The van der Waals surface area contributed by atoms with E-state index in [4.69, 9.17) is 4.42 Å². The molecular formula is C22H15N3O. The number of hydrogen-bond acceptors (Lipinski definition) is 4. The van der Waals surface area contributed by atoms with Gasteiger partial charge in [-0.15, -0.1) is 0 Å². The molecule has 4 heteroatoms. The van der Waals surface area contributed by atoms with Gasteiger partial charge in [-0.3, -0.25) is 9.97 Å². The molecule has 0 aliphatic rings. The van der Waals surface area contributed by atoms with Gasteiger partial charge in [0.2, 0.25) is 0 Å². The fraction of sp³-hybridized carbons (Fsp3) is 0. The van der Waals surface area contributed by atoms with Crippen LogP contribution < -0.4 is 5.32 Å². The maximum atomic E-state index is 6.05. The number of benzene rings is 2. The summed E-state index contributed by atoms with van der Waals surface area (Å²) < 4.78 is 6.05. The molecule has 0 fully saturated rings. The molecule has 0 radical (unpaired) electrons. The molecular weight excluding hydrogens is 322 g/mol. The Bertz CT molecular complexity index is 1180. The number of nitrogens with zero attached hydrogens (tertiary/aromatic N) is 2. The largest absolute Gasteiger partial charge is 0.456 e. The third-order valence-corrected chi connectivity index (χ3v) is 4.40. The topological polar surface area (TPSA) is 51.0 Å². The summed E-state index contributed by atoms with van der Waals surface area (Å²) in [7, 11) is 0. The molecule has 0 aliphatic heterocycles. The van der Waals surface area contributed by atoms with E-state index >= 15 is 0 Å². The molecule has 124 valence electrons. The molecule has 0 unspecified atom stereocenters. The van der Waals surface area contributed by atoms with Crippen molar-refractivity contribution in [3.05, 3.63) is 85.5 Å². The van der Waals surface area contributed by atoms with Crippen molar-refractivity contribution in [1.82, 2.24) is 9.97 Å². The Morgan fingerprint density at radius 1 is 0.731 bits per heavy atom. The normalized spacial score (nSPS) is 11.1. The standard InChI is InChI=1S/C22H15N3O/c1-2-6-21-15(4-1)10-22(26-21)20-14-24-12-16-7-8-17(11-19(16)20)25-18-5-3-9-23-13-18/h1-14,25H. The van der Waals surface area contributed by atoms with Crippen molar-refractivity contribution in [1.29, 1.82) is 0 Å². The Balaban J connectivity index is 1.64. The zero-order valence-corrected chi connectivity index (χ0v) is 13.9. The predicted octanol–water partition coefficient (Wildman–Crippen LogP) is 5.79. The van der Waals surface area contributed by atoms with Crippen molar-refractivity contribution in [2.45, 2.75) is 0 Å². The lowest BCUT2D eigenvalue weighted by molar-refractivity contribution is 0.632. The minimum Gasteiger partial charge on any atom is -0.456 e. The Kier molecular flexibility index (Phi) is 3.39. The highest BCUT2D eigenvalue weighted by Crippen LogP contribution is 2.33. The highest BCUT2D eigenvalue weighted by molar-refractivity contribution is 5.98. The van der Waals surface area contributed by atoms with E-state index in [1.54, 1.807) is 12.4 Å². The van der Waals surface area contributed by atoms with E-state index in [1.165, 1.54) is 0 Å². The Morgan fingerprint density at radius 3 is 2.58 bits per heavy atom. The van der Waals surface area contributed by atoms with E-state index in [0.29, 0.717) is 0 Å². The third-order valence-electron chi connectivity index (χ3n) is 4.40. The second-order valence-electron chi connectivity index (χ2n) is 6.14. The number of nitrogens with one attached hydrogen (secondary N) is 1. The van der Waals surface area contributed by atoms with Crippen LogP contribution in [0.25, 0.3) is 33.1 Å². The summed E-state index contributed by atoms with van der Waals surface area (Å²) in [4.78, 5) is 8.53. The first kappa shape index (κ1) is 14.7. The summed E-state index contributed by atoms with van der Waals surface area (Å²) in [6, 6.07) is 20.2. The molecule has 5 aromatic rings. The van der Waals surface area contributed by atoms with Crippen molar-refractivity contribution in [3.63, 3.8) is 0 Å². The lowest BCUT2D eigenvalue weighted by Gasteiger charge is -2.09. The molecule has 3 heterocycles. The zero-order chi connectivity index (χ0) is 17.3. The number of fused-ring (bicyclic) bond motifs is 2. The summed E-state index contributed by atoms with van der Waals surface area (Å²) in [5.41, 5.74) is 3.80. The van der Waals surface area contributed by atoms with Crippen LogP contribution >= 0.6 is 0 Å². The van der Waals surface area contributed by atoms with E-state index in [1.807, 2.05) is 48.8 Å². The number of hydrogen-bond donors (Lipinski definition) is 1. The van der Waals surface area contributed by atoms with Crippen molar-refractivity contribution in [3.8, 4) is 11.3 Å². The number of pyridine rings is 2. The second-order valence-corrected chi connectivity index (χ2v) is 6.14. The summed E-state index contributed by atoms with van der Waals surface area (Å²) in [5.74, 6) is 0.822. The Morgan fingerprint density at radius 2 is 1.69 bits per heavy atom. The molecule has 0 amide bonds. The van der Waals surface area contributed by atoms with Crippen LogP contribution in [-0.2, 0) is 0 Å². The lowest BCUT2D eigenvalue weighted by atomic mass is 10.0. The quantitative estimate of drug-likeness (QED) is 0.453. The molecule has 1 N–H and O–H groups in total. The fourth-order valence-electron chi connectivity index (χ4n) is 3.16. The van der Waals surface area contributed by atoms with Crippen molar-refractivity contribution in [2.24, 2.45) is 0 Å². The van der Waals surface area contributed by atoms with Gasteiger partial charge in [-0.2, -0.15) is 0 Å². The number of furan rings is 1. The van der Waals surface area contributed by atoms with Gasteiger partial charge in [0.05, 0.1) is 11.9 Å². The number of aromatic nitrogens is 2. The summed E-state index contributed by atoms with van der Waals surface area (Å²) in [6.07, 6.45) is 7.29. The van der Waals surface area contributed by atoms with Gasteiger partial charge in [-0.25, -0.2) is 0 Å². The average Bonchev–Trinajstić information content (AvgIpc) is 3.12. The van der Waals surface area contributed by atoms with E-state index in [0.717, 1.165) is 44.4 Å². The van der Waals surface area contributed by atoms with Crippen LogP contribution in [0.3, 0.4) is 0 Å². The number of anilines is 2. The van der Waals surface area contributed by atoms with Crippen LogP contribution in [0.1, 0.15) is 0 Å². The molecule has 26 heavy (non-hydrogen) atoms. The second kappa shape index (κ2) is 6.01. The molecule has 5 rings (SSSR count). The van der Waals surface area contributed by atoms with Crippen LogP contribution in [0.5, 0.6) is 0 Å². The molecule has 0 bridgehead atoms. The van der Waals surface area contributed by atoms with Gasteiger partial charge in [0, 0.05) is 40.6 Å². The molecule has 0 spiro atoms. The first-order valence-electron chi connectivity index (χ1n) is 8.41. The summed E-state index contributed by atoms with van der Waals surface area (Å²) in [5, 5.41) is 6.63. The number of para-hydroxylation sites is 1. The summed E-state index contributed by atoms with van der Waals surface area (Å²) >= 11 is 0. The molecule has 0 aliphatic carbocycles. The molecule has 2 aromatic carbocycles. The van der Waals surface area contributed by atoms with Gasteiger partial charge in [-0.05, 0) is 41.8 Å². The van der Waals surface area contributed by atoms with Crippen molar-refractivity contribution >= 4 is 33.1 Å². The first-order chi connectivity index (χ1) is 12.9. The SMILES string of the molecule is c1cncc(Nc2ccc3cncc(-c4cc5ccccc5o4)c3c2)c1. The van der Waals surface area contributed by atoms with E-state index in [9.17, 15) is 0 Å². The highest BCUT2D eigenvalue weighted by Gasteiger charge is 2.11. The van der Waals surface area contributed by atoms with Gasteiger partial charge < -0.3 is 9.73 Å². The summed E-state index contributed by atoms with van der Waals surface area (Å²) in [6.45, 7) is 0. The van der Waals surface area contributed by atoms with E-state index in [2.05, 4.69) is 39.6 Å². The first-order valence-corrected chi connectivity index (χ1v) is 8.41. The predicted molar refractivity (Wildman–Crippen MR) is 104 cm³/mol. The molecule has 0 saturated carbocycles. The van der Waals surface area contributed by atoms with Gasteiger partial charge in [-0.1, -0.05) is 24.3 Å². The van der Waals surface area contributed by atoms with Crippen LogP contribution in [-0.4, -0.2) is 9.97 Å². The minimum atomic E-state index is 0.822. The molecule has 3 aromatic heterocycles. The minimum absolute atomic E-state index is 0.822. The maximum Gasteiger partial charge on any atom is 0.137 e. The van der Waals surface area contributed by atoms with Crippen LogP contribution in [0.4, 0.5) is 11.4 Å². The van der Waals surface area contributed by atoms with Gasteiger partial charge in [0.25, 0.3) is 0 Å². The van der Waals surface area contributed by atoms with Crippen LogP contribution in [0.2, 0.25) is 0 Å². The monoisotopic (exact) mass is 337 g/mol. The third kappa shape index (κ3) is 2.58. The molecule has 4 nitrogen and oxygen atoms in total. The number of rotatable bonds is 3. The lowest BCUT2D eigenvalue weighted by Crippen LogP contribution is -1.91.